The van der Waals surface area contributed by atoms with Crippen molar-refractivity contribution in [2.45, 2.75) is 84.7 Å². The molecule has 0 saturated heterocycles. The molecule has 0 fully saturated rings. The topological polar surface area (TPSA) is 44.8 Å². The van der Waals surface area contributed by atoms with E-state index in [1.54, 1.807) is 24.3 Å². The first kappa shape index (κ1) is 24.8. The summed E-state index contributed by atoms with van der Waals surface area (Å²) in [5.74, 6) is 1.98. The predicted octanol–water partition coefficient (Wildman–Crippen LogP) is 7.95. The fourth-order valence-electron chi connectivity index (χ4n) is 3.29. The molecule has 2 aromatic carbocycles. The van der Waals surface area contributed by atoms with Gasteiger partial charge in [-0.15, -0.1) is 0 Å². The van der Waals surface area contributed by atoms with Crippen molar-refractivity contribution in [2.75, 3.05) is 6.61 Å². The van der Waals surface area contributed by atoms with Gasteiger partial charge in [-0.1, -0.05) is 52.4 Å². The average Bonchev–Trinajstić information content (AvgIpc) is 2.78. The first-order chi connectivity index (χ1) is 15.1. The minimum Gasteiger partial charge on any atom is -0.494 e. The van der Waals surface area contributed by atoms with Crippen LogP contribution < -0.4 is 9.47 Å². The molecular formula is C27H38O4. The van der Waals surface area contributed by atoms with E-state index in [2.05, 4.69) is 13.8 Å². The number of benzene rings is 2. The lowest BCUT2D eigenvalue weighted by Crippen LogP contribution is -2.15. The van der Waals surface area contributed by atoms with Crippen LogP contribution >= 0.6 is 0 Å². The quantitative estimate of drug-likeness (QED) is 0.214. The summed E-state index contributed by atoms with van der Waals surface area (Å²) < 4.78 is 17.2. The van der Waals surface area contributed by atoms with Gasteiger partial charge in [0, 0.05) is 0 Å². The second-order valence-corrected chi connectivity index (χ2v) is 8.07. The molecule has 0 aliphatic heterocycles. The normalized spacial score (nSPS) is 11.7. The van der Waals surface area contributed by atoms with Crippen LogP contribution in [-0.2, 0) is 4.74 Å². The van der Waals surface area contributed by atoms with Gasteiger partial charge in [0.25, 0.3) is 0 Å². The molecule has 0 bridgehead atoms. The molecule has 31 heavy (non-hydrogen) atoms. The van der Waals surface area contributed by atoms with Gasteiger partial charge >= 0.3 is 5.97 Å². The minimum atomic E-state index is -0.282. The summed E-state index contributed by atoms with van der Waals surface area (Å²) in [5.41, 5.74) is 0.541. The standard InChI is InChI=1S/C27H38O4/c1-4-6-8-10-12-22(3)30-27(28)23-13-15-25(16-14-23)31-26-19-17-24(18-20-26)29-21-11-9-7-5-2/h13-20,22H,4-12,21H2,1-3H3. The monoisotopic (exact) mass is 426 g/mol. The first-order valence-corrected chi connectivity index (χ1v) is 11.8. The number of esters is 1. The third kappa shape index (κ3) is 9.91. The molecule has 0 saturated carbocycles. The Balaban J connectivity index is 1.76. The van der Waals surface area contributed by atoms with E-state index in [-0.39, 0.29) is 12.1 Å². The highest BCUT2D eigenvalue weighted by molar-refractivity contribution is 5.89. The number of ether oxygens (including phenoxy) is 3. The molecule has 0 amide bonds. The highest BCUT2D eigenvalue weighted by Crippen LogP contribution is 2.24. The van der Waals surface area contributed by atoms with Crippen LogP contribution in [0.15, 0.2) is 48.5 Å². The van der Waals surface area contributed by atoms with Crippen molar-refractivity contribution in [3.05, 3.63) is 54.1 Å². The summed E-state index contributed by atoms with van der Waals surface area (Å²) in [6, 6.07) is 14.7. The number of unbranched alkanes of at least 4 members (excludes halogenated alkanes) is 6. The van der Waals surface area contributed by atoms with Crippen molar-refractivity contribution in [1.82, 2.24) is 0 Å². The SMILES string of the molecule is CCCCCCOc1ccc(Oc2ccc(C(=O)OC(C)CCCCCC)cc2)cc1. The molecule has 0 aliphatic rings. The number of carbonyl (C=O) groups is 1. The lowest BCUT2D eigenvalue weighted by Gasteiger charge is -2.13. The molecule has 4 heteroatoms. The van der Waals surface area contributed by atoms with E-state index in [4.69, 9.17) is 14.2 Å². The van der Waals surface area contributed by atoms with E-state index in [1.807, 2.05) is 31.2 Å². The Morgan fingerprint density at radius 1 is 0.742 bits per heavy atom. The lowest BCUT2D eigenvalue weighted by atomic mass is 10.1. The second kappa shape index (κ2) is 14.5. The van der Waals surface area contributed by atoms with Crippen molar-refractivity contribution in [1.29, 1.82) is 0 Å². The molecule has 0 heterocycles. The second-order valence-electron chi connectivity index (χ2n) is 8.07. The van der Waals surface area contributed by atoms with Crippen LogP contribution in [0.25, 0.3) is 0 Å². The van der Waals surface area contributed by atoms with Crippen molar-refractivity contribution in [3.63, 3.8) is 0 Å². The van der Waals surface area contributed by atoms with E-state index in [0.29, 0.717) is 11.3 Å². The molecule has 170 valence electrons. The maximum absolute atomic E-state index is 12.3. The van der Waals surface area contributed by atoms with Crippen LogP contribution in [-0.4, -0.2) is 18.7 Å². The third-order valence-corrected chi connectivity index (χ3v) is 5.19. The van der Waals surface area contributed by atoms with Crippen LogP contribution in [0.1, 0.15) is 88.9 Å². The van der Waals surface area contributed by atoms with Crippen LogP contribution in [0.2, 0.25) is 0 Å². The van der Waals surface area contributed by atoms with Gasteiger partial charge < -0.3 is 14.2 Å². The molecule has 1 unspecified atom stereocenters. The van der Waals surface area contributed by atoms with Gasteiger partial charge in [0.2, 0.25) is 0 Å². The Morgan fingerprint density at radius 3 is 1.90 bits per heavy atom. The zero-order valence-corrected chi connectivity index (χ0v) is 19.4. The largest absolute Gasteiger partial charge is 0.494 e. The summed E-state index contributed by atoms with van der Waals surface area (Å²) in [6.07, 6.45) is 10.3. The molecule has 0 aromatic heterocycles. The lowest BCUT2D eigenvalue weighted by molar-refractivity contribution is 0.0319. The summed E-state index contributed by atoms with van der Waals surface area (Å²) in [7, 11) is 0. The maximum atomic E-state index is 12.3. The van der Waals surface area contributed by atoms with Crippen LogP contribution in [0.4, 0.5) is 0 Å². The fraction of sp³-hybridized carbons (Fsp3) is 0.519. The average molecular weight is 427 g/mol. The predicted molar refractivity (Wildman–Crippen MR) is 126 cm³/mol. The maximum Gasteiger partial charge on any atom is 0.338 e. The van der Waals surface area contributed by atoms with Crippen molar-refractivity contribution >= 4 is 5.97 Å². The zero-order valence-electron chi connectivity index (χ0n) is 19.4. The van der Waals surface area contributed by atoms with Gasteiger partial charge in [0.05, 0.1) is 18.3 Å². The molecule has 2 rings (SSSR count). The van der Waals surface area contributed by atoms with Crippen LogP contribution in [0, 0.1) is 0 Å². The van der Waals surface area contributed by atoms with E-state index >= 15 is 0 Å². The number of hydrogen-bond acceptors (Lipinski definition) is 4. The molecule has 0 aliphatic carbocycles. The van der Waals surface area contributed by atoms with Gasteiger partial charge in [-0.3, -0.25) is 0 Å². The summed E-state index contributed by atoms with van der Waals surface area (Å²) in [4.78, 5) is 12.3. The molecule has 0 radical (unpaired) electrons. The van der Waals surface area contributed by atoms with E-state index in [1.165, 1.54) is 38.5 Å². The smallest absolute Gasteiger partial charge is 0.338 e. The minimum absolute atomic E-state index is 0.0624. The molecule has 1 atom stereocenters. The highest BCUT2D eigenvalue weighted by atomic mass is 16.5. The Hall–Kier alpha value is -2.49. The van der Waals surface area contributed by atoms with Gasteiger partial charge in [-0.2, -0.15) is 0 Å². The first-order valence-electron chi connectivity index (χ1n) is 11.8. The Labute approximate surface area is 187 Å². The Kier molecular flexibility index (Phi) is 11.6. The molecule has 4 nitrogen and oxygen atoms in total. The third-order valence-electron chi connectivity index (χ3n) is 5.19. The van der Waals surface area contributed by atoms with Crippen LogP contribution in [0.3, 0.4) is 0 Å². The van der Waals surface area contributed by atoms with Gasteiger partial charge in [0.1, 0.15) is 17.2 Å². The van der Waals surface area contributed by atoms with Crippen molar-refractivity contribution < 1.29 is 19.0 Å². The zero-order chi connectivity index (χ0) is 22.3. The highest BCUT2D eigenvalue weighted by Gasteiger charge is 2.12. The number of carbonyl (C=O) groups excluding carboxylic acids is 1. The van der Waals surface area contributed by atoms with Gasteiger partial charge in [-0.05, 0) is 74.7 Å². The van der Waals surface area contributed by atoms with E-state index in [0.717, 1.165) is 37.4 Å². The fourth-order valence-corrected chi connectivity index (χ4v) is 3.29. The van der Waals surface area contributed by atoms with Gasteiger partial charge in [0.15, 0.2) is 0 Å². The van der Waals surface area contributed by atoms with Crippen molar-refractivity contribution in [3.8, 4) is 17.2 Å². The molecule has 0 N–H and O–H groups in total. The molecular weight excluding hydrogens is 388 g/mol. The van der Waals surface area contributed by atoms with Crippen LogP contribution in [0.5, 0.6) is 17.2 Å². The Morgan fingerprint density at radius 2 is 1.29 bits per heavy atom. The van der Waals surface area contributed by atoms with E-state index in [9.17, 15) is 4.79 Å². The number of rotatable bonds is 15. The van der Waals surface area contributed by atoms with E-state index < -0.39 is 0 Å². The molecule has 0 spiro atoms. The van der Waals surface area contributed by atoms with Crippen molar-refractivity contribution in [2.24, 2.45) is 0 Å². The summed E-state index contributed by atoms with van der Waals surface area (Å²) >= 11 is 0. The molecule has 2 aromatic rings. The summed E-state index contributed by atoms with van der Waals surface area (Å²) in [5, 5.41) is 0. The summed E-state index contributed by atoms with van der Waals surface area (Å²) in [6.45, 7) is 7.10. The van der Waals surface area contributed by atoms with Gasteiger partial charge in [-0.25, -0.2) is 4.79 Å². The Bertz CT molecular complexity index is 737. The number of hydrogen-bond donors (Lipinski definition) is 0.